The van der Waals surface area contributed by atoms with Crippen LogP contribution in [0.3, 0.4) is 0 Å². The summed E-state index contributed by atoms with van der Waals surface area (Å²) in [6, 6.07) is 0. The van der Waals surface area contributed by atoms with Crippen LogP contribution < -0.4 is 5.32 Å². The van der Waals surface area contributed by atoms with Gasteiger partial charge in [-0.25, -0.2) is 0 Å². The predicted molar refractivity (Wildman–Crippen MR) is 45.4 cm³/mol. The second-order valence-electron chi connectivity index (χ2n) is 3.07. The van der Waals surface area contributed by atoms with Gasteiger partial charge in [0, 0.05) is 6.42 Å². The second kappa shape index (κ2) is 4.29. The molecule has 1 fully saturated rings. The zero-order chi connectivity index (χ0) is 8.10. The number of nitrogens with one attached hydrogen (secondary N) is 1. The van der Waals surface area contributed by atoms with Gasteiger partial charge < -0.3 is 5.32 Å². The molecule has 0 radical (unpaired) electrons. The van der Waals surface area contributed by atoms with Crippen LogP contribution in [0.25, 0.3) is 0 Å². The molecule has 0 saturated carbocycles. The number of carbonyl (C=O) groups excluding carboxylic acids is 1. The maximum absolute atomic E-state index is 10.9. The topological polar surface area (TPSA) is 29.1 Å². The molecule has 0 atom stereocenters. The molecule has 0 aromatic carbocycles. The molecule has 0 aromatic heterocycles. The third-order valence-corrected chi connectivity index (χ3v) is 2.18. The summed E-state index contributed by atoms with van der Waals surface area (Å²) in [7, 11) is 0. The Hall–Kier alpha value is -0.630. The normalized spacial score (nSPS) is 19.6. The largest absolute Gasteiger partial charge is 0.317 e. The van der Waals surface area contributed by atoms with Crippen LogP contribution in [0.1, 0.15) is 19.3 Å². The lowest BCUT2D eigenvalue weighted by atomic mass is 9.93. The van der Waals surface area contributed by atoms with Crippen molar-refractivity contribution in [3.05, 3.63) is 12.7 Å². The molecule has 0 amide bonds. The maximum Gasteiger partial charge on any atom is 0.155 e. The summed E-state index contributed by atoms with van der Waals surface area (Å²) in [4.78, 5) is 10.9. The van der Waals surface area contributed by atoms with Crippen LogP contribution in [0.2, 0.25) is 0 Å². The predicted octanol–water partition coefficient (Wildman–Crippen LogP) is 1.13. The van der Waals surface area contributed by atoms with E-state index >= 15 is 0 Å². The van der Waals surface area contributed by atoms with Crippen LogP contribution in [-0.2, 0) is 4.79 Å². The van der Waals surface area contributed by atoms with Gasteiger partial charge in [0.2, 0.25) is 0 Å². The highest BCUT2D eigenvalue weighted by Gasteiger charge is 2.14. The summed E-state index contributed by atoms with van der Waals surface area (Å²) < 4.78 is 0. The second-order valence-corrected chi connectivity index (χ2v) is 3.07. The number of rotatable bonds is 3. The van der Waals surface area contributed by atoms with Crippen molar-refractivity contribution in [2.24, 2.45) is 5.92 Å². The maximum atomic E-state index is 10.9. The van der Waals surface area contributed by atoms with Gasteiger partial charge in [0.15, 0.2) is 5.78 Å². The zero-order valence-electron chi connectivity index (χ0n) is 6.81. The van der Waals surface area contributed by atoms with Crippen LogP contribution in [0.15, 0.2) is 12.7 Å². The Bertz CT molecular complexity index is 148. The van der Waals surface area contributed by atoms with E-state index in [9.17, 15) is 4.79 Å². The molecule has 1 aliphatic heterocycles. The first-order chi connectivity index (χ1) is 5.33. The average Bonchev–Trinajstić information content (AvgIpc) is 2.06. The fourth-order valence-corrected chi connectivity index (χ4v) is 1.45. The smallest absolute Gasteiger partial charge is 0.155 e. The van der Waals surface area contributed by atoms with Crippen LogP contribution >= 0.6 is 0 Å². The van der Waals surface area contributed by atoms with Crippen LogP contribution in [0.5, 0.6) is 0 Å². The standard InChI is InChI=1S/C9H15NO/c1-2-9(11)7-8-3-5-10-6-4-8/h2,8,10H,1,3-7H2. The summed E-state index contributed by atoms with van der Waals surface area (Å²) in [6.45, 7) is 5.59. The molecule has 0 aromatic rings. The number of hydrogen-bond donors (Lipinski definition) is 1. The molecule has 1 aliphatic rings. The molecule has 1 rings (SSSR count). The van der Waals surface area contributed by atoms with Gasteiger partial charge >= 0.3 is 0 Å². The van der Waals surface area contributed by atoms with Crippen molar-refractivity contribution in [1.82, 2.24) is 5.32 Å². The molecule has 1 N–H and O–H groups in total. The molecule has 0 bridgehead atoms. The number of ketones is 1. The Balaban J connectivity index is 2.24. The van der Waals surface area contributed by atoms with Gasteiger partial charge in [0.05, 0.1) is 0 Å². The molecular weight excluding hydrogens is 138 g/mol. The van der Waals surface area contributed by atoms with E-state index in [0.717, 1.165) is 25.9 Å². The van der Waals surface area contributed by atoms with Gasteiger partial charge in [-0.3, -0.25) is 4.79 Å². The van der Waals surface area contributed by atoms with Crippen molar-refractivity contribution in [3.8, 4) is 0 Å². The van der Waals surface area contributed by atoms with E-state index in [1.807, 2.05) is 0 Å². The highest BCUT2D eigenvalue weighted by atomic mass is 16.1. The van der Waals surface area contributed by atoms with Crippen molar-refractivity contribution in [2.75, 3.05) is 13.1 Å². The lowest BCUT2D eigenvalue weighted by Crippen LogP contribution is -2.28. The highest BCUT2D eigenvalue weighted by Crippen LogP contribution is 2.15. The Morgan fingerprint density at radius 1 is 1.55 bits per heavy atom. The van der Waals surface area contributed by atoms with Crippen molar-refractivity contribution >= 4 is 5.78 Å². The minimum atomic E-state index is 0.192. The van der Waals surface area contributed by atoms with Crippen LogP contribution in [0.4, 0.5) is 0 Å². The molecule has 0 unspecified atom stereocenters. The zero-order valence-corrected chi connectivity index (χ0v) is 6.81. The monoisotopic (exact) mass is 153 g/mol. The number of allylic oxidation sites excluding steroid dienone is 1. The molecule has 1 saturated heterocycles. The lowest BCUT2D eigenvalue weighted by Gasteiger charge is -2.21. The molecule has 0 aliphatic carbocycles. The van der Waals surface area contributed by atoms with E-state index in [-0.39, 0.29) is 5.78 Å². The van der Waals surface area contributed by atoms with Gasteiger partial charge in [-0.2, -0.15) is 0 Å². The summed E-state index contributed by atoms with van der Waals surface area (Å²) in [5, 5.41) is 3.27. The minimum Gasteiger partial charge on any atom is -0.317 e. The minimum absolute atomic E-state index is 0.192. The molecule has 0 spiro atoms. The van der Waals surface area contributed by atoms with Gasteiger partial charge in [0.25, 0.3) is 0 Å². The quantitative estimate of drug-likeness (QED) is 0.616. The van der Waals surface area contributed by atoms with E-state index in [1.54, 1.807) is 0 Å². The third-order valence-electron chi connectivity index (χ3n) is 2.18. The van der Waals surface area contributed by atoms with E-state index in [1.165, 1.54) is 6.08 Å². The Labute approximate surface area is 67.7 Å². The van der Waals surface area contributed by atoms with E-state index in [2.05, 4.69) is 11.9 Å². The molecule has 62 valence electrons. The molecule has 1 heterocycles. The fourth-order valence-electron chi connectivity index (χ4n) is 1.45. The lowest BCUT2D eigenvalue weighted by molar-refractivity contribution is -0.115. The Morgan fingerprint density at radius 2 is 2.18 bits per heavy atom. The number of piperidine rings is 1. The molecule has 11 heavy (non-hydrogen) atoms. The summed E-state index contributed by atoms with van der Waals surface area (Å²) in [5.74, 6) is 0.790. The summed E-state index contributed by atoms with van der Waals surface area (Å²) in [5.41, 5.74) is 0. The fraction of sp³-hybridized carbons (Fsp3) is 0.667. The SMILES string of the molecule is C=CC(=O)CC1CCNCC1. The van der Waals surface area contributed by atoms with Gasteiger partial charge in [-0.05, 0) is 37.9 Å². The first-order valence-corrected chi connectivity index (χ1v) is 4.19. The van der Waals surface area contributed by atoms with Crippen LogP contribution in [0, 0.1) is 5.92 Å². The molecule has 2 nitrogen and oxygen atoms in total. The van der Waals surface area contributed by atoms with E-state index in [0.29, 0.717) is 12.3 Å². The average molecular weight is 153 g/mol. The molecular formula is C9H15NO. The number of carbonyl (C=O) groups is 1. The van der Waals surface area contributed by atoms with Gasteiger partial charge in [0.1, 0.15) is 0 Å². The van der Waals surface area contributed by atoms with Crippen LogP contribution in [-0.4, -0.2) is 18.9 Å². The van der Waals surface area contributed by atoms with Crippen molar-refractivity contribution < 1.29 is 4.79 Å². The van der Waals surface area contributed by atoms with Crippen molar-refractivity contribution in [3.63, 3.8) is 0 Å². The van der Waals surface area contributed by atoms with Crippen molar-refractivity contribution in [2.45, 2.75) is 19.3 Å². The van der Waals surface area contributed by atoms with E-state index in [4.69, 9.17) is 0 Å². The first-order valence-electron chi connectivity index (χ1n) is 4.19. The van der Waals surface area contributed by atoms with Gasteiger partial charge in [-0.1, -0.05) is 6.58 Å². The third kappa shape index (κ3) is 2.85. The Morgan fingerprint density at radius 3 is 2.73 bits per heavy atom. The number of hydrogen-bond acceptors (Lipinski definition) is 2. The molecule has 2 heteroatoms. The van der Waals surface area contributed by atoms with Crippen molar-refractivity contribution in [1.29, 1.82) is 0 Å². The summed E-state index contributed by atoms with van der Waals surface area (Å²) in [6.07, 6.45) is 4.41. The summed E-state index contributed by atoms with van der Waals surface area (Å²) >= 11 is 0. The first kappa shape index (κ1) is 8.47. The van der Waals surface area contributed by atoms with E-state index < -0.39 is 0 Å². The highest BCUT2D eigenvalue weighted by molar-refractivity contribution is 5.89. The van der Waals surface area contributed by atoms with Gasteiger partial charge in [-0.15, -0.1) is 0 Å². The Kier molecular flexibility index (Phi) is 3.30.